The van der Waals surface area contributed by atoms with Crippen LogP contribution >= 0.6 is 11.8 Å². The summed E-state index contributed by atoms with van der Waals surface area (Å²) in [4.78, 5) is 11.7. The molecule has 2 aliphatic rings. The van der Waals surface area contributed by atoms with E-state index in [1.54, 1.807) is 0 Å². The van der Waals surface area contributed by atoms with Crippen molar-refractivity contribution in [2.45, 2.75) is 50.7 Å². The van der Waals surface area contributed by atoms with Crippen molar-refractivity contribution in [2.24, 2.45) is 0 Å². The maximum Gasteiger partial charge on any atom is 0.307 e. The monoisotopic (exact) mass is 243 g/mol. The van der Waals surface area contributed by atoms with Crippen LogP contribution in [0.3, 0.4) is 0 Å². The molecule has 1 atom stereocenters. The summed E-state index contributed by atoms with van der Waals surface area (Å²) in [5.41, 5.74) is 0. The average Bonchev–Trinajstić information content (AvgIpc) is 2.31. The number of nitrogens with one attached hydrogen (secondary N) is 1. The van der Waals surface area contributed by atoms with Crippen LogP contribution in [-0.4, -0.2) is 36.2 Å². The Balaban J connectivity index is 1.66. The molecule has 0 radical (unpaired) electrons. The van der Waals surface area contributed by atoms with Gasteiger partial charge in [0, 0.05) is 24.1 Å². The number of esters is 1. The largest absolute Gasteiger partial charge is 0.462 e. The summed E-state index contributed by atoms with van der Waals surface area (Å²) >= 11 is 1.92. The van der Waals surface area contributed by atoms with Crippen molar-refractivity contribution in [1.82, 2.24) is 5.32 Å². The Kier molecular flexibility index (Phi) is 4.97. The molecular formula is C12H21NO2S. The number of thioether (sulfide) groups is 1. The number of hydrogen-bond donors (Lipinski definition) is 1. The molecule has 92 valence electrons. The zero-order valence-corrected chi connectivity index (χ0v) is 10.6. The van der Waals surface area contributed by atoms with Crippen molar-refractivity contribution in [1.29, 1.82) is 0 Å². The number of carbonyl (C=O) groups excluding carboxylic acids is 1. The van der Waals surface area contributed by atoms with Gasteiger partial charge < -0.3 is 10.1 Å². The lowest BCUT2D eigenvalue weighted by Gasteiger charge is -2.25. The summed E-state index contributed by atoms with van der Waals surface area (Å²) in [6, 6.07) is 0.329. The minimum absolute atomic E-state index is 0.00750. The van der Waals surface area contributed by atoms with E-state index >= 15 is 0 Å². The van der Waals surface area contributed by atoms with Crippen LogP contribution in [0.1, 0.15) is 38.5 Å². The normalized spacial score (nSPS) is 27.6. The van der Waals surface area contributed by atoms with Crippen LogP contribution in [0.5, 0.6) is 0 Å². The predicted octanol–water partition coefficient (Wildman–Crippen LogP) is 1.96. The van der Waals surface area contributed by atoms with Crippen molar-refractivity contribution in [2.75, 3.05) is 18.1 Å². The molecule has 0 bridgehead atoms. The van der Waals surface area contributed by atoms with Gasteiger partial charge in [-0.3, -0.25) is 4.79 Å². The fourth-order valence-electron chi connectivity index (χ4n) is 2.37. The fourth-order valence-corrected chi connectivity index (χ4v) is 3.32. The molecule has 0 amide bonds. The molecule has 0 spiro atoms. The fraction of sp³-hybridized carbons (Fsp3) is 0.917. The Morgan fingerprint density at radius 3 is 2.81 bits per heavy atom. The molecule has 1 aliphatic heterocycles. The van der Waals surface area contributed by atoms with Crippen molar-refractivity contribution < 1.29 is 9.53 Å². The topological polar surface area (TPSA) is 38.3 Å². The van der Waals surface area contributed by atoms with Gasteiger partial charge in [0.15, 0.2) is 0 Å². The Morgan fingerprint density at radius 1 is 1.31 bits per heavy atom. The lowest BCUT2D eigenvalue weighted by molar-refractivity contribution is -0.150. The van der Waals surface area contributed by atoms with Crippen LogP contribution < -0.4 is 5.32 Å². The number of rotatable bonds is 3. The molecule has 0 aromatic carbocycles. The van der Waals surface area contributed by atoms with Gasteiger partial charge in [-0.05, 0) is 25.7 Å². The Labute approximate surface area is 102 Å². The van der Waals surface area contributed by atoms with Crippen LogP contribution in [-0.2, 0) is 9.53 Å². The van der Waals surface area contributed by atoms with Gasteiger partial charge in [-0.25, -0.2) is 0 Å². The van der Waals surface area contributed by atoms with E-state index in [9.17, 15) is 4.79 Å². The first-order valence-electron chi connectivity index (χ1n) is 6.35. The van der Waals surface area contributed by atoms with E-state index < -0.39 is 0 Å². The van der Waals surface area contributed by atoms with Gasteiger partial charge >= 0.3 is 5.97 Å². The van der Waals surface area contributed by atoms with Crippen LogP contribution in [0.15, 0.2) is 0 Å². The highest BCUT2D eigenvalue weighted by atomic mass is 32.2. The molecule has 3 nitrogen and oxygen atoms in total. The Bertz CT molecular complexity index is 201. The third-order valence-electron chi connectivity index (χ3n) is 3.26. The first-order chi connectivity index (χ1) is 7.84. The van der Waals surface area contributed by atoms with E-state index in [1.807, 2.05) is 11.8 Å². The number of carbonyl (C=O) groups is 1. The van der Waals surface area contributed by atoms with Crippen molar-refractivity contribution in [3.8, 4) is 0 Å². The maximum atomic E-state index is 11.7. The molecule has 1 saturated heterocycles. The summed E-state index contributed by atoms with van der Waals surface area (Å²) in [7, 11) is 0. The molecule has 1 aliphatic carbocycles. The minimum Gasteiger partial charge on any atom is -0.462 e. The molecule has 2 rings (SSSR count). The SMILES string of the molecule is O=C(CC1CSCCN1)OC1CCCCC1. The smallest absolute Gasteiger partial charge is 0.307 e. The van der Waals surface area contributed by atoms with Gasteiger partial charge in [0.2, 0.25) is 0 Å². The summed E-state index contributed by atoms with van der Waals surface area (Å²) in [6.07, 6.45) is 6.62. The molecule has 1 saturated carbocycles. The first-order valence-corrected chi connectivity index (χ1v) is 7.50. The van der Waals surface area contributed by atoms with E-state index in [0.717, 1.165) is 30.9 Å². The van der Waals surface area contributed by atoms with Crippen LogP contribution in [0.2, 0.25) is 0 Å². The Hall–Kier alpha value is -0.220. The third kappa shape index (κ3) is 3.98. The molecular weight excluding hydrogens is 222 g/mol. The maximum absolute atomic E-state index is 11.7. The van der Waals surface area contributed by atoms with E-state index in [-0.39, 0.29) is 12.1 Å². The minimum atomic E-state index is -0.00750. The molecule has 4 heteroatoms. The van der Waals surface area contributed by atoms with Crippen molar-refractivity contribution in [3.05, 3.63) is 0 Å². The summed E-state index contributed by atoms with van der Waals surface area (Å²) in [5, 5.41) is 3.37. The van der Waals surface area contributed by atoms with Gasteiger partial charge in [-0.1, -0.05) is 6.42 Å². The standard InChI is InChI=1S/C12H21NO2S/c14-12(8-10-9-16-7-6-13-10)15-11-4-2-1-3-5-11/h10-11,13H,1-9H2. The molecule has 2 fully saturated rings. The van der Waals surface area contributed by atoms with Gasteiger partial charge in [0.1, 0.15) is 6.10 Å². The molecule has 0 aromatic rings. The Morgan fingerprint density at radius 2 is 2.12 bits per heavy atom. The lowest BCUT2D eigenvalue weighted by atomic mass is 9.98. The second kappa shape index (κ2) is 6.50. The zero-order chi connectivity index (χ0) is 11.2. The molecule has 1 heterocycles. The van der Waals surface area contributed by atoms with E-state index in [2.05, 4.69) is 5.32 Å². The van der Waals surface area contributed by atoms with E-state index in [1.165, 1.54) is 19.3 Å². The van der Waals surface area contributed by atoms with Crippen LogP contribution in [0.4, 0.5) is 0 Å². The van der Waals surface area contributed by atoms with Gasteiger partial charge in [-0.15, -0.1) is 0 Å². The first kappa shape index (κ1) is 12.2. The molecule has 16 heavy (non-hydrogen) atoms. The second-order valence-corrected chi connectivity index (χ2v) is 5.83. The van der Waals surface area contributed by atoms with E-state index in [4.69, 9.17) is 4.74 Å². The molecule has 1 N–H and O–H groups in total. The zero-order valence-electron chi connectivity index (χ0n) is 9.74. The molecule has 1 unspecified atom stereocenters. The highest BCUT2D eigenvalue weighted by molar-refractivity contribution is 7.99. The number of ether oxygens (including phenoxy) is 1. The highest BCUT2D eigenvalue weighted by Gasteiger charge is 2.21. The third-order valence-corrected chi connectivity index (χ3v) is 4.39. The lowest BCUT2D eigenvalue weighted by Crippen LogP contribution is -2.39. The number of hydrogen-bond acceptors (Lipinski definition) is 4. The van der Waals surface area contributed by atoms with Crippen molar-refractivity contribution in [3.63, 3.8) is 0 Å². The highest BCUT2D eigenvalue weighted by Crippen LogP contribution is 2.21. The summed E-state index contributed by atoms with van der Waals surface area (Å²) in [5.74, 6) is 2.19. The van der Waals surface area contributed by atoms with Gasteiger partial charge in [-0.2, -0.15) is 11.8 Å². The summed E-state index contributed by atoms with van der Waals surface area (Å²) in [6.45, 7) is 1.02. The van der Waals surface area contributed by atoms with Crippen LogP contribution in [0, 0.1) is 0 Å². The van der Waals surface area contributed by atoms with Gasteiger partial charge in [0.25, 0.3) is 0 Å². The second-order valence-electron chi connectivity index (χ2n) is 4.68. The molecule has 0 aromatic heterocycles. The van der Waals surface area contributed by atoms with Crippen LogP contribution in [0.25, 0.3) is 0 Å². The van der Waals surface area contributed by atoms with Gasteiger partial charge in [0.05, 0.1) is 6.42 Å². The summed E-state index contributed by atoms with van der Waals surface area (Å²) < 4.78 is 5.51. The average molecular weight is 243 g/mol. The quantitative estimate of drug-likeness (QED) is 0.769. The predicted molar refractivity (Wildman–Crippen MR) is 66.7 cm³/mol. The van der Waals surface area contributed by atoms with E-state index in [0.29, 0.717) is 12.5 Å². The van der Waals surface area contributed by atoms with Crippen molar-refractivity contribution >= 4 is 17.7 Å².